The summed E-state index contributed by atoms with van der Waals surface area (Å²) in [5.74, 6) is -0.417. The van der Waals surface area contributed by atoms with Crippen molar-refractivity contribution in [3.05, 3.63) is 29.6 Å². The third kappa shape index (κ3) is 4.38. The van der Waals surface area contributed by atoms with Gasteiger partial charge in [0.1, 0.15) is 5.82 Å². The zero-order valence-corrected chi connectivity index (χ0v) is 11.1. The predicted octanol–water partition coefficient (Wildman–Crippen LogP) is 3.71. The first-order chi connectivity index (χ1) is 7.90. The molecular weight excluding hydrogens is 239 g/mol. The minimum absolute atomic E-state index is 0.143. The monoisotopic (exact) mass is 256 g/mol. The fourth-order valence-electron chi connectivity index (χ4n) is 1.60. The Morgan fingerprint density at radius 1 is 1.41 bits per heavy atom. The average Bonchev–Trinajstić information content (AvgIpc) is 2.20. The van der Waals surface area contributed by atoms with Gasteiger partial charge in [-0.25, -0.2) is 9.18 Å². The number of hydrogen-bond donors (Lipinski definition) is 1. The Hall–Kier alpha value is -1.03. The van der Waals surface area contributed by atoms with Gasteiger partial charge in [-0.1, -0.05) is 13.8 Å². The van der Waals surface area contributed by atoms with Crippen molar-refractivity contribution < 1.29 is 13.9 Å². The van der Waals surface area contributed by atoms with Gasteiger partial charge in [0.15, 0.2) is 0 Å². The van der Waals surface area contributed by atoms with Crippen molar-refractivity contribution >= 4 is 18.6 Å². The van der Waals surface area contributed by atoms with Gasteiger partial charge in [0.25, 0.3) is 0 Å². The molecule has 1 unspecified atom stereocenters. The second kappa shape index (κ2) is 6.05. The van der Waals surface area contributed by atoms with E-state index in [2.05, 4.69) is 26.5 Å². The van der Waals surface area contributed by atoms with E-state index in [1.54, 1.807) is 0 Å². The number of rotatable bonds is 4. The van der Waals surface area contributed by atoms with Crippen molar-refractivity contribution in [2.45, 2.75) is 38.2 Å². The van der Waals surface area contributed by atoms with E-state index in [0.29, 0.717) is 11.5 Å². The van der Waals surface area contributed by atoms with Crippen LogP contribution in [-0.2, 0) is 4.74 Å². The van der Waals surface area contributed by atoms with Crippen molar-refractivity contribution in [2.75, 3.05) is 0 Å². The van der Waals surface area contributed by atoms with Crippen molar-refractivity contribution in [1.82, 2.24) is 0 Å². The fourth-order valence-corrected chi connectivity index (χ4v) is 1.82. The smallest absolute Gasteiger partial charge is 0.338 e. The molecule has 0 aromatic heterocycles. The summed E-state index contributed by atoms with van der Waals surface area (Å²) in [6, 6.07) is 3.99. The zero-order valence-electron chi connectivity index (χ0n) is 10.2. The van der Waals surface area contributed by atoms with Gasteiger partial charge in [-0.3, -0.25) is 0 Å². The molecule has 1 aromatic rings. The summed E-state index contributed by atoms with van der Waals surface area (Å²) in [6.45, 7) is 5.98. The molecule has 0 bridgehead atoms. The zero-order chi connectivity index (χ0) is 13.0. The molecule has 0 radical (unpaired) electrons. The van der Waals surface area contributed by atoms with Crippen LogP contribution in [-0.4, -0.2) is 12.1 Å². The van der Waals surface area contributed by atoms with E-state index in [4.69, 9.17) is 4.74 Å². The number of thiol groups is 1. The highest BCUT2D eigenvalue weighted by Gasteiger charge is 2.14. The van der Waals surface area contributed by atoms with E-state index >= 15 is 0 Å². The molecule has 0 N–H and O–H groups in total. The van der Waals surface area contributed by atoms with E-state index in [0.717, 1.165) is 6.42 Å². The molecule has 0 aliphatic carbocycles. The molecule has 0 saturated heterocycles. The summed E-state index contributed by atoms with van der Waals surface area (Å²) >= 11 is 3.93. The van der Waals surface area contributed by atoms with Gasteiger partial charge in [0.2, 0.25) is 0 Å². The second-order valence-electron chi connectivity index (χ2n) is 4.51. The fraction of sp³-hybridized carbons (Fsp3) is 0.462. The van der Waals surface area contributed by atoms with Crippen LogP contribution in [0.15, 0.2) is 23.1 Å². The van der Waals surface area contributed by atoms with Gasteiger partial charge >= 0.3 is 5.97 Å². The Labute approximate surface area is 107 Å². The first-order valence-electron chi connectivity index (χ1n) is 5.59. The Balaban J connectivity index is 2.66. The van der Waals surface area contributed by atoms with Gasteiger partial charge < -0.3 is 4.74 Å². The molecule has 0 aliphatic heterocycles. The van der Waals surface area contributed by atoms with Crippen LogP contribution in [0.5, 0.6) is 0 Å². The molecule has 17 heavy (non-hydrogen) atoms. The molecule has 0 heterocycles. The largest absolute Gasteiger partial charge is 0.459 e. The normalized spacial score (nSPS) is 12.6. The van der Waals surface area contributed by atoms with Crippen LogP contribution in [0.25, 0.3) is 0 Å². The lowest BCUT2D eigenvalue weighted by Crippen LogP contribution is -2.17. The lowest BCUT2D eigenvalue weighted by Gasteiger charge is -2.15. The van der Waals surface area contributed by atoms with E-state index in [1.165, 1.54) is 18.2 Å². The predicted molar refractivity (Wildman–Crippen MR) is 68.0 cm³/mol. The summed E-state index contributed by atoms with van der Waals surface area (Å²) < 4.78 is 18.2. The standard InChI is InChI=1S/C13H17FO2S/c1-8(2)6-9(3)16-13(15)10-4-5-11(14)12(17)7-10/h4-5,7-9,17H,6H2,1-3H3. The minimum atomic E-state index is -0.444. The number of benzene rings is 1. The number of hydrogen-bond acceptors (Lipinski definition) is 3. The summed E-state index contributed by atoms with van der Waals surface area (Å²) in [7, 11) is 0. The maximum Gasteiger partial charge on any atom is 0.338 e. The highest BCUT2D eigenvalue weighted by atomic mass is 32.1. The summed E-state index contributed by atoms with van der Waals surface area (Å²) in [5, 5.41) is 0. The van der Waals surface area contributed by atoms with Gasteiger partial charge in [0.05, 0.1) is 11.7 Å². The van der Waals surface area contributed by atoms with Gasteiger partial charge in [-0.05, 0) is 37.5 Å². The van der Waals surface area contributed by atoms with E-state index in [1.807, 2.05) is 6.92 Å². The number of esters is 1. The molecule has 0 aliphatic rings. The number of carbonyl (C=O) groups excluding carboxylic acids is 1. The first-order valence-corrected chi connectivity index (χ1v) is 6.04. The van der Waals surface area contributed by atoms with Crippen LogP contribution in [0.3, 0.4) is 0 Å². The molecule has 94 valence electrons. The molecule has 1 atom stereocenters. The van der Waals surface area contributed by atoms with E-state index < -0.39 is 11.8 Å². The number of ether oxygens (including phenoxy) is 1. The van der Waals surface area contributed by atoms with Gasteiger partial charge in [-0.2, -0.15) is 0 Å². The Bertz CT molecular complexity index is 404. The highest BCUT2D eigenvalue weighted by Crippen LogP contribution is 2.16. The molecule has 0 amide bonds. The lowest BCUT2D eigenvalue weighted by molar-refractivity contribution is 0.0299. The number of carbonyl (C=O) groups is 1. The summed E-state index contributed by atoms with van der Waals surface area (Å²) in [4.78, 5) is 11.9. The molecular formula is C13H17FO2S. The Kier molecular flexibility index (Phi) is 5.00. The van der Waals surface area contributed by atoms with Crippen molar-refractivity contribution in [1.29, 1.82) is 0 Å². The van der Waals surface area contributed by atoms with Gasteiger partial charge in [-0.15, -0.1) is 12.6 Å². The average molecular weight is 256 g/mol. The van der Waals surface area contributed by atoms with Crippen LogP contribution in [0.2, 0.25) is 0 Å². The van der Waals surface area contributed by atoms with Crippen LogP contribution in [0, 0.1) is 11.7 Å². The Morgan fingerprint density at radius 3 is 2.59 bits per heavy atom. The van der Waals surface area contributed by atoms with Crippen LogP contribution in [0.1, 0.15) is 37.6 Å². The van der Waals surface area contributed by atoms with E-state index in [9.17, 15) is 9.18 Å². The molecule has 1 rings (SSSR count). The molecule has 0 saturated carbocycles. The molecule has 2 nitrogen and oxygen atoms in total. The third-order valence-corrected chi connectivity index (χ3v) is 2.64. The number of halogens is 1. The summed E-state index contributed by atoms with van der Waals surface area (Å²) in [6.07, 6.45) is 0.664. The van der Waals surface area contributed by atoms with Crippen molar-refractivity contribution in [3.63, 3.8) is 0 Å². The topological polar surface area (TPSA) is 26.3 Å². The minimum Gasteiger partial charge on any atom is -0.459 e. The molecule has 0 spiro atoms. The molecule has 1 aromatic carbocycles. The van der Waals surface area contributed by atoms with Crippen molar-refractivity contribution in [3.8, 4) is 0 Å². The van der Waals surface area contributed by atoms with Gasteiger partial charge in [0, 0.05) is 4.90 Å². The summed E-state index contributed by atoms with van der Waals surface area (Å²) in [5.41, 5.74) is 0.326. The maximum absolute atomic E-state index is 13.0. The van der Waals surface area contributed by atoms with Crippen LogP contribution >= 0.6 is 12.6 Å². The third-order valence-electron chi connectivity index (χ3n) is 2.29. The van der Waals surface area contributed by atoms with Crippen LogP contribution in [0.4, 0.5) is 4.39 Å². The molecule has 0 fully saturated rings. The first kappa shape index (κ1) is 14.0. The van der Waals surface area contributed by atoms with Crippen molar-refractivity contribution in [2.24, 2.45) is 5.92 Å². The SMILES string of the molecule is CC(C)CC(C)OC(=O)c1ccc(F)c(S)c1. The highest BCUT2D eigenvalue weighted by molar-refractivity contribution is 7.80. The second-order valence-corrected chi connectivity index (χ2v) is 4.99. The van der Waals surface area contributed by atoms with Crippen LogP contribution < -0.4 is 0 Å². The lowest BCUT2D eigenvalue weighted by atomic mass is 10.1. The molecule has 4 heteroatoms. The maximum atomic E-state index is 13.0. The quantitative estimate of drug-likeness (QED) is 0.656. The Morgan fingerprint density at radius 2 is 2.06 bits per heavy atom. The van der Waals surface area contributed by atoms with E-state index in [-0.39, 0.29) is 11.0 Å².